The summed E-state index contributed by atoms with van der Waals surface area (Å²) < 4.78 is 6.09. The molecule has 0 unspecified atom stereocenters. The van der Waals surface area contributed by atoms with Crippen LogP contribution < -0.4 is 10.3 Å². The number of fused-ring (bicyclic) bond motifs is 1. The lowest BCUT2D eigenvalue weighted by molar-refractivity contribution is 0.0744. The summed E-state index contributed by atoms with van der Waals surface area (Å²) in [5.74, 6) is 0.922. The van der Waals surface area contributed by atoms with Gasteiger partial charge in [0.15, 0.2) is 5.76 Å². The van der Waals surface area contributed by atoms with Crippen LogP contribution in [0, 0.1) is 0 Å². The van der Waals surface area contributed by atoms with Crippen LogP contribution in [0.4, 0.5) is 5.82 Å². The second-order valence-corrected chi connectivity index (χ2v) is 7.46. The normalized spacial score (nSPS) is 13.6. The highest BCUT2D eigenvalue weighted by Gasteiger charge is 2.29. The molecule has 0 saturated carbocycles. The lowest BCUT2D eigenvalue weighted by Crippen LogP contribution is -2.49. The minimum Gasteiger partial charge on any atom is -0.455 e. The van der Waals surface area contributed by atoms with Gasteiger partial charge in [0.25, 0.3) is 5.91 Å². The van der Waals surface area contributed by atoms with E-state index in [9.17, 15) is 9.59 Å². The molecule has 1 aliphatic heterocycles. The summed E-state index contributed by atoms with van der Waals surface area (Å²) in [6.45, 7) is 2.33. The largest absolute Gasteiger partial charge is 0.455 e. The Morgan fingerprint density at radius 3 is 2.25 bits per heavy atom. The van der Waals surface area contributed by atoms with E-state index >= 15 is 0 Å². The fourth-order valence-corrected chi connectivity index (χ4v) is 3.97. The number of rotatable bonds is 3. The molecule has 0 bridgehead atoms. The van der Waals surface area contributed by atoms with Crippen molar-refractivity contribution in [3.63, 3.8) is 0 Å². The molecular formula is C25H22ClN3O3. The second kappa shape index (κ2) is 9.24. The number of carbonyl (C=O) groups is 1. The van der Waals surface area contributed by atoms with Crippen LogP contribution in [-0.2, 0) is 0 Å². The number of benzene rings is 2. The Bertz CT molecular complexity index is 1280. The van der Waals surface area contributed by atoms with E-state index in [0.717, 1.165) is 5.82 Å². The summed E-state index contributed by atoms with van der Waals surface area (Å²) in [7, 11) is 0. The number of nitrogens with zero attached hydrogens (tertiary/aromatic N) is 3. The van der Waals surface area contributed by atoms with Gasteiger partial charge in [-0.1, -0.05) is 48.5 Å². The summed E-state index contributed by atoms with van der Waals surface area (Å²) in [5, 5.41) is 0.414. The van der Waals surface area contributed by atoms with Crippen LogP contribution in [0.1, 0.15) is 10.4 Å². The first-order valence-electron chi connectivity index (χ1n) is 10.3. The molecule has 5 rings (SSSR count). The number of halogens is 1. The van der Waals surface area contributed by atoms with Crippen molar-refractivity contribution in [1.82, 2.24) is 9.88 Å². The Labute approximate surface area is 191 Å². The number of anilines is 1. The Balaban J connectivity index is 0.00000245. The molecule has 1 aliphatic rings. The number of hydrogen-bond acceptors (Lipinski definition) is 5. The Kier molecular flexibility index (Phi) is 6.23. The lowest BCUT2D eigenvalue weighted by Gasteiger charge is -2.35. The van der Waals surface area contributed by atoms with E-state index in [2.05, 4.69) is 9.88 Å². The van der Waals surface area contributed by atoms with Crippen molar-refractivity contribution in [2.45, 2.75) is 0 Å². The van der Waals surface area contributed by atoms with Crippen molar-refractivity contribution in [2.75, 3.05) is 31.1 Å². The Hall–Kier alpha value is -3.64. The standard InChI is InChI=1S/C25H21N3O3.ClH/c29-23-19-10-4-5-11-20(19)31-24(18-8-2-1-3-9-18)22(23)25(30)28-16-14-27(15-17-28)21-12-6-7-13-26-21;/h1-13H,14-17H2;1H. The van der Waals surface area contributed by atoms with Gasteiger partial charge >= 0.3 is 0 Å². The summed E-state index contributed by atoms with van der Waals surface area (Å²) in [6, 6.07) is 22.2. The zero-order valence-electron chi connectivity index (χ0n) is 17.3. The van der Waals surface area contributed by atoms with E-state index in [0.29, 0.717) is 48.5 Å². The molecule has 7 heteroatoms. The molecule has 6 nitrogen and oxygen atoms in total. The van der Waals surface area contributed by atoms with E-state index in [-0.39, 0.29) is 29.3 Å². The quantitative estimate of drug-likeness (QED) is 0.470. The molecular weight excluding hydrogens is 426 g/mol. The van der Waals surface area contributed by atoms with E-state index in [4.69, 9.17) is 4.42 Å². The molecule has 2 aromatic carbocycles. The van der Waals surface area contributed by atoms with Crippen molar-refractivity contribution in [2.24, 2.45) is 0 Å². The van der Waals surface area contributed by atoms with E-state index in [1.165, 1.54) is 0 Å². The minimum atomic E-state index is -0.294. The molecule has 1 amide bonds. The third-order valence-electron chi connectivity index (χ3n) is 5.59. The Morgan fingerprint density at radius 2 is 1.53 bits per heavy atom. The monoisotopic (exact) mass is 447 g/mol. The Morgan fingerprint density at radius 1 is 0.844 bits per heavy atom. The minimum absolute atomic E-state index is 0. The van der Waals surface area contributed by atoms with Gasteiger partial charge in [0.2, 0.25) is 5.43 Å². The smallest absolute Gasteiger partial charge is 0.261 e. The molecule has 0 spiro atoms. The van der Waals surface area contributed by atoms with Crippen molar-refractivity contribution < 1.29 is 9.21 Å². The van der Waals surface area contributed by atoms with Crippen molar-refractivity contribution >= 4 is 35.1 Å². The van der Waals surface area contributed by atoms with Crippen molar-refractivity contribution in [1.29, 1.82) is 0 Å². The maximum atomic E-state index is 13.5. The number of amides is 1. The third kappa shape index (κ3) is 3.97. The first-order valence-corrected chi connectivity index (χ1v) is 10.3. The van der Waals surface area contributed by atoms with Gasteiger partial charge in [-0.15, -0.1) is 12.4 Å². The molecule has 2 aromatic heterocycles. The van der Waals surface area contributed by atoms with Crippen LogP contribution in [-0.4, -0.2) is 42.0 Å². The summed E-state index contributed by atoms with van der Waals surface area (Å²) in [5.41, 5.74) is 0.984. The van der Waals surface area contributed by atoms with E-state index in [1.807, 2.05) is 54.6 Å². The summed E-state index contributed by atoms with van der Waals surface area (Å²) in [4.78, 5) is 35.2. The molecule has 0 radical (unpaired) electrons. The van der Waals surface area contributed by atoms with E-state index in [1.54, 1.807) is 29.3 Å². The SMILES string of the molecule is Cl.O=C(c1c(-c2ccccc2)oc2ccccc2c1=O)N1CCN(c2ccccn2)CC1. The van der Waals surface area contributed by atoms with Crippen LogP contribution in [0.15, 0.2) is 88.2 Å². The van der Waals surface area contributed by atoms with Crippen LogP contribution >= 0.6 is 12.4 Å². The van der Waals surface area contributed by atoms with Crippen LogP contribution in [0.5, 0.6) is 0 Å². The van der Waals surface area contributed by atoms with Crippen LogP contribution in [0.3, 0.4) is 0 Å². The number of aromatic nitrogens is 1. The van der Waals surface area contributed by atoms with Gasteiger partial charge in [-0.3, -0.25) is 9.59 Å². The molecule has 1 saturated heterocycles. The fraction of sp³-hybridized carbons (Fsp3) is 0.160. The number of carbonyl (C=O) groups excluding carboxylic acids is 1. The maximum Gasteiger partial charge on any atom is 0.261 e. The first kappa shape index (κ1) is 21.6. The molecule has 162 valence electrons. The van der Waals surface area contributed by atoms with Gasteiger partial charge in [0, 0.05) is 37.9 Å². The highest BCUT2D eigenvalue weighted by atomic mass is 35.5. The van der Waals surface area contributed by atoms with Crippen molar-refractivity contribution in [3.8, 4) is 11.3 Å². The number of piperazine rings is 1. The van der Waals surface area contributed by atoms with Gasteiger partial charge in [0.05, 0.1) is 5.39 Å². The molecule has 0 aliphatic carbocycles. The molecule has 0 N–H and O–H groups in total. The number of hydrogen-bond donors (Lipinski definition) is 0. The van der Waals surface area contributed by atoms with E-state index < -0.39 is 0 Å². The maximum absolute atomic E-state index is 13.5. The van der Waals surface area contributed by atoms with Gasteiger partial charge in [0.1, 0.15) is 17.0 Å². The predicted molar refractivity (Wildman–Crippen MR) is 128 cm³/mol. The van der Waals surface area contributed by atoms with Crippen molar-refractivity contribution in [3.05, 3.63) is 94.8 Å². The topological polar surface area (TPSA) is 66.7 Å². The average molecular weight is 448 g/mol. The predicted octanol–water partition coefficient (Wildman–Crippen LogP) is 4.24. The van der Waals surface area contributed by atoms with Gasteiger partial charge in [-0.05, 0) is 24.3 Å². The van der Waals surface area contributed by atoms with Crippen LogP contribution in [0.25, 0.3) is 22.3 Å². The molecule has 0 atom stereocenters. The summed E-state index contributed by atoms with van der Waals surface area (Å²) in [6.07, 6.45) is 1.76. The second-order valence-electron chi connectivity index (χ2n) is 7.46. The third-order valence-corrected chi connectivity index (χ3v) is 5.59. The first-order chi connectivity index (χ1) is 15.2. The highest BCUT2D eigenvalue weighted by molar-refractivity contribution is 6.02. The average Bonchev–Trinajstić information content (AvgIpc) is 2.85. The number of pyridine rings is 1. The van der Waals surface area contributed by atoms with Gasteiger partial charge in [-0.25, -0.2) is 4.98 Å². The number of para-hydroxylation sites is 1. The zero-order valence-corrected chi connectivity index (χ0v) is 18.1. The summed E-state index contributed by atoms with van der Waals surface area (Å²) >= 11 is 0. The highest BCUT2D eigenvalue weighted by Crippen LogP contribution is 2.27. The van der Waals surface area contributed by atoms with Gasteiger partial charge < -0.3 is 14.2 Å². The molecule has 1 fully saturated rings. The van der Waals surface area contributed by atoms with Gasteiger partial charge in [-0.2, -0.15) is 0 Å². The molecule has 32 heavy (non-hydrogen) atoms. The molecule has 4 aromatic rings. The lowest BCUT2D eigenvalue weighted by atomic mass is 10.0. The van der Waals surface area contributed by atoms with Crippen LogP contribution in [0.2, 0.25) is 0 Å². The molecule has 3 heterocycles. The fourth-order valence-electron chi connectivity index (χ4n) is 3.97. The zero-order chi connectivity index (χ0) is 21.2.